The van der Waals surface area contributed by atoms with Crippen LogP contribution in [0, 0.1) is 6.92 Å². The maximum absolute atomic E-state index is 11.5. The molecule has 0 radical (unpaired) electrons. The zero-order chi connectivity index (χ0) is 11.3. The Balaban J connectivity index is 2.37. The smallest absolute Gasteiger partial charge is 0.237 e. The van der Waals surface area contributed by atoms with Crippen LogP contribution in [0.2, 0.25) is 0 Å². The molecule has 0 spiro atoms. The zero-order valence-corrected chi connectivity index (χ0v) is 10.1. The predicted molar refractivity (Wildman–Crippen MR) is 63.8 cm³/mol. The molecule has 0 saturated heterocycles. The van der Waals surface area contributed by atoms with Crippen LogP contribution in [-0.2, 0) is 11.3 Å². The molecule has 1 aromatic rings. The molecule has 0 aliphatic carbocycles. The van der Waals surface area contributed by atoms with E-state index >= 15 is 0 Å². The molecule has 1 amide bonds. The van der Waals surface area contributed by atoms with E-state index in [1.807, 2.05) is 13.8 Å². The van der Waals surface area contributed by atoms with Gasteiger partial charge in [0.2, 0.25) is 5.91 Å². The Bertz CT molecular complexity index is 322. The van der Waals surface area contributed by atoms with Crippen molar-refractivity contribution < 1.29 is 4.79 Å². The molecular weight excluding hydrogens is 208 g/mol. The normalized spacial score (nSPS) is 12.5. The van der Waals surface area contributed by atoms with Crippen LogP contribution in [0.15, 0.2) is 10.8 Å². The van der Waals surface area contributed by atoms with E-state index in [1.54, 1.807) is 11.3 Å². The minimum atomic E-state index is -0.367. The summed E-state index contributed by atoms with van der Waals surface area (Å²) in [5, 5.41) is 6.99. The molecule has 0 bridgehead atoms. The van der Waals surface area contributed by atoms with Crippen molar-refractivity contribution in [3.8, 4) is 0 Å². The largest absolute Gasteiger partial charge is 0.351 e. The van der Waals surface area contributed by atoms with Gasteiger partial charge in [0.25, 0.3) is 0 Å². The Labute approximate surface area is 94.7 Å². The van der Waals surface area contributed by atoms with Crippen molar-refractivity contribution in [2.45, 2.75) is 39.3 Å². The van der Waals surface area contributed by atoms with E-state index < -0.39 is 0 Å². The summed E-state index contributed by atoms with van der Waals surface area (Å²) < 4.78 is 0. The van der Waals surface area contributed by atoms with Crippen LogP contribution in [0.1, 0.15) is 30.9 Å². The number of hydrogen-bond acceptors (Lipinski definition) is 3. The summed E-state index contributed by atoms with van der Waals surface area (Å²) in [7, 11) is 0. The highest BCUT2D eigenvalue weighted by Gasteiger charge is 2.11. The second-order valence-electron chi connectivity index (χ2n) is 3.69. The first-order valence-electron chi connectivity index (χ1n) is 5.20. The average Bonchev–Trinajstić information content (AvgIpc) is 2.61. The monoisotopic (exact) mass is 226 g/mol. The molecule has 3 N–H and O–H groups in total. The number of aryl methyl sites for hydroxylation is 1. The lowest BCUT2D eigenvalue weighted by Crippen LogP contribution is -2.40. The lowest BCUT2D eigenvalue weighted by molar-refractivity contribution is -0.122. The highest BCUT2D eigenvalue weighted by molar-refractivity contribution is 7.08. The minimum absolute atomic E-state index is 0.0533. The quantitative estimate of drug-likeness (QED) is 0.804. The molecule has 0 aromatic carbocycles. The Morgan fingerprint density at radius 2 is 2.33 bits per heavy atom. The number of nitrogens with two attached hydrogens (primary N) is 1. The van der Waals surface area contributed by atoms with E-state index in [4.69, 9.17) is 5.73 Å². The van der Waals surface area contributed by atoms with Crippen LogP contribution in [0.4, 0.5) is 0 Å². The van der Waals surface area contributed by atoms with Crippen LogP contribution in [0.3, 0.4) is 0 Å². The number of carbonyl (C=O) groups is 1. The van der Waals surface area contributed by atoms with Crippen molar-refractivity contribution in [3.05, 3.63) is 21.9 Å². The molecule has 1 atom stereocenters. The Morgan fingerprint density at radius 1 is 1.60 bits per heavy atom. The van der Waals surface area contributed by atoms with Gasteiger partial charge >= 0.3 is 0 Å². The molecule has 1 heterocycles. The predicted octanol–water partition coefficient (Wildman–Crippen LogP) is 1.80. The standard InChI is InChI=1S/C11H18N2OS/c1-3-4-10(12)11(14)13-5-9-7-15-6-8(9)2/h6-7,10H,3-5,12H2,1-2H3,(H,13,14)/t10-/m0/s1. The van der Waals surface area contributed by atoms with Crippen molar-refractivity contribution in [2.24, 2.45) is 5.73 Å². The number of rotatable bonds is 5. The van der Waals surface area contributed by atoms with Crippen LogP contribution in [0.25, 0.3) is 0 Å². The van der Waals surface area contributed by atoms with Gasteiger partial charge in [-0.05, 0) is 35.2 Å². The van der Waals surface area contributed by atoms with Crippen molar-refractivity contribution in [1.82, 2.24) is 5.32 Å². The van der Waals surface area contributed by atoms with Gasteiger partial charge in [-0.1, -0.05) is 13.3 Å². The molecule has 15 heavy (non-hydrogen) atoms. The first-order valence-corrected chi connectivity index (χ1v) is 6.14. The summed E-state index contributed by atoms with van der Waals surface area (Å²) in [4.78, 5) is 11.5. The van der Waals surface area contributed by atoms with E-state index in [1.165, 1.54) is 11.1 Å². The number of nitrogens with one attached hydrogen (secondary N) is 1. The van der Waals surface area contributed by atoms with Gasteiger partial charge in [0.15, 0.2) is 0 Å². The maximum atomic E-state index is 11.5. The molecule has 1 aromatic heterocycles. The van der Waals surface area contributed by atoms with E-state index in [2.05, 4.69) is 16.1 Å². The maximum Gasteiger partial charge on any atom is 0.237 e. The molecule has 0 unspecified atom stereocenters. The van der Waals surface area contributed by atoms with Gasteiger partial charge in [-0.2, -0.15) is 11.3 Å². The van der Waals surface area contributed by atoms with Crippen molar-refractivity contribution in [1.29, 1.82) is 0 Å². The third kappa shape index (κ3) is 3.64. The molecule has 0 fully saturated rings. The van der Waals surface area contributed by atoms with Crippen molar-refractivity contribution >= 4 is 17.2 Å². The van der Waals surface area contributed by atoms with Gasteiger partial charge in [0.05, 0.1) is 6.04 Å². The molecule has 0 aliphatic heterocycles. The topological polar surface area (TPSA) is 55.1 Å². The molecule has 4 heteroatoms. The average molecular weight is 226 g/mol. The third-order valence-corrected chi connectivity index (χ3v) is 3.26. The van der Waals surface area contributed by atoms with E-state index in [0.29, 0.717) is 6.54 Å². The van der Waals surface area contributed by atoms with Gasteiger partial charge in [0.1, 0.15) is 0 Å². The van der Waals surface area contributed by atoms with Crippen LogP contribution >= 0.6 is 11.3 Å². The highest BCUT2D eigenvalue weighted by atomic mass is 32.1. The van der Waals surface area contributed by atoms with Crippen LogP contribution < -0.4 is 11.1 Å². The zero-order valence-electron chi connectivity index (χ0n) is 9.25. The summed E-state index contributed by atoms with van der Waals surface area (Å²) in [6, 6.07) is -0.367. The lowest BCUT2D eigenvalue weighted by Gasteiger charge is -2.10. The SMILES string of the molecule is CCC[C@H](N)C(=O)NCc1cscc1C. The highest BCUT2D eigenvalue weighted by Crippen LogP contribution is 2.12. The molecular formula is C11H18N2OS. The fourth-order valence-electron chi connectivity index (χ4n) is 1.32. The Kier molecular flexibility index (Phi) is 4.78. The van der Waals surface area contributed by atoms with Gasteiger partial charge < -0.3 is 11.1 Å². The molecule has 1 rings (SSSR count). The molecule has 0 saturated carbocycles. The molecule has 84 valence electrons. The van der Waals surface area contributed by atoms with Gasteiger partial charge in [-0.3, -0.25) is 4.79 Å². The fraction of sp³-hybridized carbons (Fsp3) is 0.545. The van der Waals surface area contributed by atoms with Gasteiger partial charge in [-0.25, -0.2) is 0 Å². The number of hydrogen-bond donors (Lipinski definition) is 2. The minimum Gasteiger partial charge on any atom is -0.351 e. The number of thiophene rings is 1. The summed E-state index contributed by atoms with van der Waals surface area (Å²) >= 11 is 1.65. The first-order chi connectivity index (χ1) is 7.15. The summed E-state index contributed by atoms with van der Waals surface area (Å²) in [5.74, 6) is -0.0533. The molecule has 3 nitrogen and oxygen atoms in total. The van der Waals surface area contributed by atoms with E-state index in [9.17, 15) is 4.79 Å². The summed E-state index contributed by atoms with van der Waals surface area (Å²) in [6.45, 7) is 4.66. The third-order valence-electron chi connectivity index (χ3n) is 2.35. The Morgan fingerprint density at radius 3 is 2.87 bits per heavy atom. The van der Waals surface area contributed by atoms with Crippen molar-refractivity contribution in [2.75, 3.05) is 0 Å². The summed E-state index contributed by atoms with van der Waals surface area (Å²) in [5.41, 5.74) is 8.10. The first kappa shape index (κ1) is 12.2. The fourth-order valence-corrected chi connectivity index (χ4v) is 2.18. The second-order valence-corrected chi connectivity index (χ2v) is 4.44. The second kappa shape index (κ2) is 5.88. The summed E-state index contributed by atoms with van der Waals surface area (Å²) in [6.07, 6.45) is 1.68. The van der Waals surface area contributed by atoms with Crippen molar-refractivity contribution in [3.63, 3.8) is 0 Å². The van der Waals surface area contributed by atoms with E-state index in [0.717, 1.165) is 12.8 Å². The van der Waals surface area contributed by atoms with Gasteiger partial charge in [0, 0.05) is 6.54 Å². The van der Waals surface area contributed by atoms with Crippen LogP contribution in [-0.4, -0.2) is 11.9 Å². The van der Waals surface area contributed by atoms with Crippen LogP contribution in [0.5, 0.6) is 0 Å². The number of carbonyl (C=O) groups excluding carboxylic acids is 1. The van der Waals surface area contributed by atoms with Gasteiger partial charge in [-0.15, -0.1) is 0 Å². The number of amides is 1. The Hall–Kier alpha value is -0.870. The lowest BCUT2D eigenvalue weighted by atomic mass is 10.1. The molecule has 0 aliphatic rings. The van der Waals surface area contributed by atoms with E-state index in [-0.39, 0.29) is 11.9 Å².